The number of amides is 2. The number of nitrogens with two attached hydrogens (primary N) is 1. The molecule has 0 bridgehead atoms. The molecule has 6 N–H and O–H groups in total. The molecule has 0 aromatic heterocycles. The van der Waals surface area contributed by atoms with E-state index in [2.05, 4.69) is 10.6 Å². The van der Waals surface area contributed by atoms with E-state index < -0.39 is 37.6 Å². The predicted octanol–water partition coefficient (Wildman–Crippen LogP) is 0.766. The number of benzene rings is 1. The summed E-state index contributed by atoms with van der Waals surface area (Å²) in [6.45, 7) is 5.33. The van der Waals surface area contributed by atoms with Crippen molar-refractivity contribution in [2.75, 3.05) is 25.4 Å². The van der Waals surface area contributed by atoms with Crippen LogP contribution in [-0.4, -0.2) is 70.5 Å². The van der Waals surface area contributed by atoms with Crippen LogP contribution in [0.25, 0.3) is 0 Å². The van der Waals surface area contributed by atoms with Crippen molar-refractivity contribution in [3.63, 3.8) is 0 Å². The molecule has 0 spiro atoms. The van der Waals surface area contributed by atoms with Gasteiger partial charge in [-0.05, 0) is 0 Å². The van der Waals surface area contributed by atoms with E-state index in [1.807, 2.05) is 0 Å². The summed E-state index contributed by atoms with van der Waals surface area (Å²) in [5.41, 5.74) is 5.42. The second kappa shape index (κ2) is 13.3. The number of carboxylic acids is 1. The van der Waals surface area contributed by atoms with Crippen LogP contribution in [0.1, 0.15) is 32.8 Å². The Labute approximate surface area is 214 Å². The van der Waals surface area contributed by atoms with E-state index in [0.29, 0.717) is 17.9 Å². The number of aliphatic carboxylic acids is 1. The van der Waals surface area contributed by atoms with Crippen molar-refractivity contribution in [2.24, 2.45) is 11.1 Å². The SMILES string of the molecule is CC(=O)SCCNC(=O)CCNC(=O)[C@@H]1O[PH](O)(Oc2ccc(C[C@H](N)C(=O)O)cc2)OCC1(C)C. The quantitative estimate of drug-likeness (QED) is 0.184. The summed E-state index contributed by atoms with van der Waals surface area (Å²) in [4.78, 5) is 57.3. The Kier molecular flexibility index (Phi) is 11.1. The number of hydrogen-bond donors (Lipinski definition) is 5. The Bertz CT molecular complexity index is 947. The molecular formula is C22H34N3O9PS. The molecule has 0 unspecified atom stereocenters. The van der Waals surface area contributed by atoms with Gasteiger partial charge in [-0.25, -0.2) is 0 Å². The molecule has 36 heavy (non-hydrogen) atoms. The molecule has 1 heterocycles. The fraction of sp³-hybridized carbons (Fsp3) is 0.545. The second-order valence-electron chi connectivity index (χ2n) is 8.92. The van der Waals surface area contributed by atoms with Crippen LogP contribution in [0.4, 0.5) is 0 Å². The van der Waals surface area contributed by atoms with Gasteiger partial charge in [-0.15, -0.1) is 0 Å². The van der Waals surface area contributed by atoms with Crippen molar-refractivity contribution < 1.29 is 42.7 Å². The minimum atomic E-state index is -4.24. The summed E-state index contributed by atoms with van der Waals surface area (Å²) in [5.74, 6) is -1.21. The molecular weight excluding hydrogens is 513 g/mol. The van der Waals surface area contributed by atoms with Crippen LogP contribution in [0.15, 0.2) is 24.3 Å². The number of carboxylic acid groups (broad SMARTS) is 1. The van der Waals surface area contributed by atoms with E-state index in [1.165, 1.54) is 19.1 Å². The van der Waals surface area contributed by atoms with Gasteiger partial charge >= 0.3 is 202 Å². The fourth-order valence-electron chi connectivity index (χ4n) is 3.21. The molecule has 1 aromatic carbocycles. The number of hydrogen-bond acceptors (Lipinski definition) is 10. The monoisotopic (exact) mass is 547 g/mol. The average molecular weight is 548 g/mol. The Morgan fingerprint density at radius 1 is 1.22 bits per heavy atom. The number of rotatable bonds is 12. The maximum atomic E-state index is 12.8. The van der Waals surface area contributed by atoms with Gasteiger partial charge in [0.05, 0.1) is 0 Å². The zero-order valence-corrected chi connectivity index (χ0v) is 22.3. The van der Waals surface area contributed by atoms with Crippen LogP contribution in [-0.2, 0) is 34.6 Å². The van der Waals surface area contributed by atoms with Gasteiger partial charge in [0.2, 0.25) is 0 Å². The third-order valence-electron chi connectivity index (χ3n) is 5.17. The maximum absolute atomic E-state index is 12.8. The van der Waals surface area contributed by atoms with Crippen LogP contribution in [0.2, 0.25) is 0 Å². The molecule has 1 aromatic rings. The first-order valence-electron chi connectivity index (χ1n) is 11.3. The van der Waals surface area contributed by atoms with Crippen molar-refractivity contribution in [3.8, 4) is 5.75 Å². The molecule has 12 nitrogen and oxygen atoms in total. The van der Waals surface area contributed by atoms with Crippen molar-refractivity contribution in [3.05, 3.63) is 29.8 Å². The molecule has 1 aliphatic heterocycles. The Balaban J connectivity index is 1.89. The van der Waals surface area contributed by atoms with Gasteiger partial charge in [0, 0.05) is 6.92 Å². The summed E-state index contributed by atoms with van der Waals surface area (Å²) in [5, 5.41) is 14.2. The van der Waals surface area contributed by atoms with Gasteiger partial charge in [0.25, 0.3) is 0 Å². The first kappa shape index (κ1) is 29.9. The standard InChI is InChI=1S/C22H34N3O9PS/c1-14(26)36-11-10-24-18(27)8-9-25-20(28)19-22(2,3)13-32-35(31,34-19)33-16-6-4-15(5-7-16)12-17(23)21(29)30/h4-7,17,19,31,35H,8-13,23H2,1-3H3,(H,24,27)(H,25,28)(H,29,30)/t17-,19-/m0/s1. The molecule has 2 amide bonds. The summed E-state index contributed by atoms with van der Waals surface area (Å²) in [6.07, 6.45) is -0.933. The fourth-order valence-corrected chi connectivity index (χ4v) is 5.59. The second-order valence-corrected chi connectivity index (χ2v) is 12.0. The van der Waals surface area contributed by atoms with Gasteiger partial charge in [-0.3, -0.25) is 4.79 Å². The normalized spacial score (nSPS) is 20.0. The van der Waals surface area contributed by atoms with Gasteiger partial charge in [-0.2, -0.15) is 0 Å². The topological polar surface area (TPSA) is 187 Å². The third-order valence-corrected chi connectivity index (χ3v) is 7.52. The Hall–Kier alpha value is -2.28. The van der Waals surface area contributed by atoms with Gasteiger partial charge in [0.15, 0.2) is 0 Å². The first-order chi connectivity index (χ1) is 16.8. The van der Waals surface area contributed by atoms with Gasteiger partial charge < -0.3 is 0 Å². The summed E-state index contributed by atoms with van der Waals surface area (Å²) in [6, 6.07) is 5.21. The molecule has 1 saturated heterocycles. The van der Waals surface area contributed by atoms with Crippen LogP contribution < -0.4 is 20.9 Å². The molecule has 202 valence electrons. The third kappa shape index (κ3) is 9.64. The van der Waals surface area contributed by atoms with Crippen LogP contribution in [0, 0.1) is 5.41 Å². The molecule has 1 aliphatic rings. The van der Waals surface area contributed by atoms with Gasteiger partial charge in [0.1, 0.15) is 0 Å². The summed E-state index contributed by atoms with van der Waals surface area (Å²) >= 11 is 1.11. The van der Waals surface area contributed by atoms with Crippen LogP contribution in [0.3, 0.4) is 0 Å². The summed E-state index contributed by atoms with van der Waals surface area (Å²) in [7, 11) is -4.24. The van der Waals surface area contributed by atoms with E-state index >= 15 is 0 Å². The number of carbonyl (C=O) groups excluding carboxylic acids is 3. The molecule has 0 radical (unpaired) electrons. The van der Waals surface area contributed by atoms with E-state index in [0.717, 1.165) is 11.8 Å². The number of carbonyl (C=O) groups is 4. The molecule has 2 atom stereocenters. The van der Waals surface area contributed by atoms with E-state index in [-0.39, 0.29) is 42.8 Å². The van der Waals surface area contributed by atoms with Crippen molar-refractivity contribution >= 4 is 42.8 Å². The van der Waals surface area contributed by atoms with E-state index in [1.54, 1.807) is 26.0 Å². The van der Waals surface area contributed by atoms with Crippen LogP contribution >= 0.6 is 19.9 Å². The van der Waals surface area contributed by atoms with E-state index in [9.17, 15) is 24.1 Å². The zero-order chi connectivity index (χ0) is 26.9. The number of nitrogens with one attached hydrogen (secondary N) is 2. The van der Waals surface area contributed by atoms with Crippen LogP contribution in [0.5, 0.6) is 5.75 Å². The molecule has 14 heteroatoms. The van der Waals surface area contributed by atoms with E-state index in [4.69, 9.17) is 24.4 Å². The zero-order valence-electron chi connectivity index (χ0n) is 20.4. The molecule has 0 saturated carbocycles. The molecule has 1 fully saturated rings. The summed E-state index contributed by atoms with van der Waals surface area (Å²) < 4.78 is 16.7. The Morgan fingerprint density at radius 2 is 1.89 bits per heavy atom. The molecule has 0 aliphatic carbocycles. The first-order valence-corrected chi connectivity index (χ1v) is 14.0. The predicted molar refractivity (Wildman–Crippen MR) is 135 cm³/mol. The average Bonchev–Trinajstić information content (AvgIpc) is 2.79. The Morgan fingerprint density at radius 3 is 2.50 bits per heavy atom. The number of thioether (sulfide) groups is 1. The van der Waals surface area contributed by atoms with Crippen molar-refractivity contribution in [1.29, 1.82) is 0 Å². The molecule has 2 rings (SSSR count). The van der Waals surface area contributed by atoms with Gasteiger partial charge in [-0.1, -0.05) is 0 Å². The van der Waals surface area contributed by atoms with Crippen molar-refractivity contribution in [1.82, 2.24) is 10.6 Å². The minimum absolute atomic E-state index is 0.00629. The van der Waals surface area contributed by atoms with Crippen molar-refractivity contribution in [2.45, 2.75) is 45.8 Å².